The van der Waals surface area contributed by atoms with E-state index < -0.39 is 0 Å². The zero-order valence-electron chi connectivity index (χ0n) is 15.1. The van der Waals surface area contributed by atoms with Crippen LogP contribution in [0.1, 0.15) is 21.9 Å². The van der Waals surface area contributed by atoms with Crippen LogP contribution in [0, 0.1) is 0 Å². The number of fused-ring (bicyclic) bond motifs is 1. The van der Waals surface area contributed by atoms with Crippen LogP contribution in [0.3, 0.4) is 0 Å². The fraction of sp³-hybridized carbons (Fsp3) is 0.100. The highest BCUT2D eigenvalue weighted by Gasteiger charge is 2.11. The van der Waals surface area contributed by atoms with Crippen LogP contribution in [0.5, 0.6) is 0 Å². The van der Waals surface area contributed by atoms with Crippen LogP contribution in [0.15, 0.2) is 69.9 Å². The van der Waals surface area contributed by atoms with Crippen molar-refractivity contribution in [2.45, 2.75) is 13.0 Å². The van der Waals surface area contributed by atoms with E-state index in [1.54, 1.807) is 36.4 Å². The monoisotopic (exact) mass is 453 g/mol. The molecule has 1 aromatic carbocycles. The summed E-state index contributed by atoms with van der Waals surface area (Å²) in [4.78, 5) is 24.3. The van der Waals surface area contributed by atoms with Crippen LogP contribution in [-0.2, 0) is 17.8 Å². The Morgan fingerprint density at radius 3 is 2.62 bits per heavy atom. The molecule has 4 rings (SSSR count). The van der Waals surface area contributed by atoms with E-state index in [-0.39, 0.29) is 30.5 Å². The third-order valence-corrected chi connectivity index (χ3v) is 4.63. The van der Waals surface area contributed by atoms with Gasteiger partial charge in [0.15, 0.2) is 21.9 Å². The smallest absolute Gasteiger partial charge is 0.291 e. The Labute approximate surface area is 174 Å². The molecule has 0 aliphatic heterocycles. The molecule has 29 heavy (non-hydrogen) atoms. The van der Waals surface area contributed by atoms with Gasteiger partial charge in [-0.2, -0.15) is 0 Å². The summed E-state index contributed by atoms with van der Waals surface area (Å²) in [5.41, 5.74) is 2.17. The van der Waals surface area contributed by atoms with Crippen molar-refractivity contribution >= 4 is 39.1 Å². The predicted molar refractivity (Wildman–Crippen MR) is 109 cm³/mol. The average molecular weight is 454 g/mol. The molecule has 0 fully saturated rings. The minimum atomic E-state index is -0.346. The standard InChI is InChI=1S/C20H16BrN5O3/c21-16-9-8-15(29-16)20(28)23-14-6-4-13(5-7-14)11-19(27)22-12-18-25-24-17-3-1-2-10-26(17)18/h1-10H,11-12H2,(H,22,27)(H,23,28). The number of hydrogen-bond acceptors (Lipinski definition) is 5. The molecule has 0 saturated heterocycles. The number of benzene rings is 1. The molecule has 146 valence electrons. The fourth-order valence-corrected chi connectivity index (χ4v) is 3.08. The summed E-state index contributed by atoms with van der Waals surface area (Å²) in [6.45, 7) is 0.289. The van der Waals surface area contributed by atoms with Crippen LogP contribution >= 0.6 is 15.9 Å². The Kier molecular flexibility index (Phi) is 5.39. The van der Waals surface area contributed by atoms with Crippen LogP contribution < -0.4 is 10.6 Å². The molecule has 2 amide bonds. The number of anilines is 1. The van der Waals surface area contributed by atoms with Crippen LogP contribution in [0.4, 0.5) is 5.69 Å². The largest absolute Gasteiger partial charge is 0.444 e. The Hall–Kier alpha value is -3.46. The van der Waals surface area contributed by atoms with Crippen molar-refractivity contribution in [1.29, 1.82) is 0 Å². The Morgan fingerprint density at radius 2 is 1.86 bits per heavy atom. The van der Waals surface area contributed by atoms with Crippen molar-refractivity contribution < 1.29 is 14.0 Å². The van der Waals surface area contributed by atoms with Crippen LogP contribution in [0.2, 0.25) is 0 Å². The molecule has 8 nitrogen and oxygen atoms in total. The molecular weight excluding hydrogens is 438 g/mol. The summed E-state index contributed by atoms with van der Waals surface area (Å²) in [5.74, 6) is 0.398. The number of pyridine rings is 1. The maximum atomic E-state index is 12.2. The second-order valence-corrected chi connectivity index (χ2v) is 7.03. The fourth-order valence-electron chi connectivity index (χ4n) is 2.77. The van der Waals surface area contributed by atoms with Gasteiger partial charge in [-0.15, -0.1) is 10.2 Å². The van der Waals surface area contributed by atoms with Crippen molar-refractivity contribution in [3.63, 3.8) is 0 Å². The molecule has 0 bridgehead atoms. The number of rotatable bonds is 6. The minimum absolute atomic E-state index is 0.130. The van der Waals surface area contributed by atoms with Crippen molar-refractivity contribution in [3.8, 4) is 0 Å². The van der Waals surface area contributed by atoms with Gasteiger partial charge in [0.2, 0.25) is 5.91 Å². The molecule has 0 saturated carbocycles. The normalized spacial score (nSPS) is 10.8. The first-order valence-electron chi connectivity index (χ1n) is 8.79. The molecule has 0 radical (unpaired) electrons. The lowest BCUT2D eigenvalue weighted by atomic mass is 10.1. The number of hydrogen-bond donors (Lipinski definition) is 2. The minimum Gasteiger partial charge on any atom is -0.444 e. The second-order valence-electron chi connectivity index (χ2n) is 6.25. The number of aromatic nitrogens is 3. The van der Waals surface area contributed by atoms with Gasteiger partial charge in [0.1, 0.15) is 0 Å². The lowest BCUT2D eigenvalue weighted by Crippen LogP contribution is -2.25. The van der Waals surface area contributed by atoms with Gasteiger partial charge in [-0.05, 0) is 57.9 Å². The summed E-state index contributed by atoms with van der Waals surface area (Å²) >= 11 is 3.16. The Bertz CT molecular complexity index is 1170. The van der Waals surface area contributed by atoms with E-state index in [4.69, 9.17) is 4.42 Å². The van der Waals surface area contributed by atoms with E-state index in [0.717, 1.165) is 11.2 Å². The SMILES string of the molecule is O=C(Cc1ccc(NC(=O)c2ccc(Br)o2)cc1)NCc1nnc2ccccn12. The summed E-state index contributed by atoms with van der Waals surface area (Å²) in [7, 11) is 0. The predicted octanol–water partition coefficient (Wildman–Crippen LogP) is 3.20. The molecule has 3 aromatic heterocycles. The van der Waals surface area contributed by atoms with Gasteiger partial charge in [-0.25, -0.2) is 0 Å². The van der Waals surface area contributed by atoms with Crippen molar-refractivity contribution in [2.24, 2.45) is 0 Å². The van der Waals surface area contributed by atoms with Gasteiger partial charge in [0.25, 0.3) is 5.91 Å². The van der Waals surface area contributed by atoms with E-state index in [0.29, 0.717) is 16.2 Å². The van der Waals surface area contributed by atoms with E-state index in [2.05, 4.69) is 36.8 Å². The van der Waals surface area contributed by atoms with Gasteiger partial charge >= 0.3 is 0 Å². The van der Waals surface area contributed by atoms with Gasteiger partial charge < -0.3 is 15.1 Å². The van der Waals surface area contributed by atoms with Gasteiger partial charge in [-0.3, -0.25) is 14.0 Å². The highest BCUT2D eigenvalue weighted by Crippen LogP contribution is 2.16. The first-order chi connectivity index (χ1) is 14.1. The summed E-state index contributed by atoms with van der Waals surface area (Å²) in [5, 5.41) is 13.7. The van der Waals surface area contributed by atoms with Crippen molar-refractivity contribution in [3.05, 3.63) is 82.6 Å². The van der Waals surface area contributed by atoms with Crippen molar-refractivity contribution in [1.82, 2.24) is 19.9 Å². The molecule has 0 aliphatic rings. The first-order valence-corrected chi connectivity index (χ1v) is 9.59. The zero-order chi connectivity index (χ0) is 20.2. The molecule has 9 heteroatoms. The molecule has 2 N–H and O–H groups in total. The Morgan fingerprint density at radius 1 is 1.03 bits per heavy atom. The number of carbonyl (C=O) groups excluding carboxylic acids is 2. The van der Waals surface area contributed by atoms with Crippen LogP contribution in [-0.4, -0.2) is 26.4 Å². The van der Waals surface area contributed by atoms with Gasteiger partial charge in [0.05, 0.1) is 13.0 Å². The summed E-state index contributed by atoms with van der Waals surface area (Å²) < 4.78 is 7.54. The third-order valence-electron chi connectivity index (χ3n) is 4.20. The highest BCUT2D eigenvalue weighted by molar-refractivity contribution is 9.10. The number of amides is 2. The summed E-state index contributed by atoms with van der Waals surface area (Å²) in [6.07, 6.45) is 2.07. The van der Waals surface area contributed by atoms with E-state index in [9.17, 15) is 9.59 Å². The van der Waals surface area contributed by atoms with E-state index in [1.165, 1.54) is 0 Å². The number of nitrogens with zero attached hydrogens (tertiary/aromatic N) is 3. The van der Waals surface area contributed by atoms with Gasteiger partial charge in [-0.1, -0.05) is 18.2 Å². The molecule has 3 heterocycles. The number of furan rings is 1. The molecule has 4 aromatic rings. The maximum absolute atomic E-state index is 12.2. The zero-order valence-corrected chi connectivity index (χ0v) is 16.7. The third kappa shape index (κ3) is 4.52. The van der Waals surface area contributed by atoms with E-state index in [1.807, 2.05) is 28.8 Å². The number of carbonyl (C=O) groups is 2. The summed E-state index contributed by atoms with van der Waals surface area (Å²) in [6, 6.07) is 15.9. The lowest BCUT2D eigenvalue weighted by molar-refractivity contribution is -0.120. The molecule has 0 atom stereocenters. The second kappa shape index (κ2) is 8.27. The molecule has 0 unspecified atom stereocenters. The molecular formula is C20H16BrN5O3. The van der Waals surface area contributed by atoms with Crippen LogP contribution in [0.25, 0.3) is 5.65 Å². The molecule has 0 aliphatic carbocycles. The van der Waals surface area contributed by atoms with Gasteiger partial charge in [0, 0.05) is 11.9 Å². The lowest BCUT2D eigenvalue weighted by Gasteiger charge is -2.06. The number of nitrogens with one attached hydrogen (secondary N) is 2. The quantitative estimate of drug-likeness (QED) is 0.466. The highest BCUT2D eigenvalue weighted by atomic mass is 79.9. The number of halogens is 1. The topological polar surface area (TPSA) is 102 Å². The van der Waals surface area contributed by atoms with E-state index >= 15 is 0 Å². The maximum Gasteiger partial charge on any atom is 0.291 e. The first kappa shape index (κ1) is 18.9. The van der Waals surface area contributed by atoms with Crippen molar-refractivity contribution in [2.75, 3.05) is 5.32 Å². The Balaban J connectivity index is 1.31. The average Bonchev–Trinajstić information content (AvgIpc) is 3.34. The molecule has 0 spiro atoms.